The highest BCUT2D eigenvalue weighted by Gasteiger charge is 2.13. The van der Waals surface area contributed by atoms with E-state index in [4.69, 9.17) is 4.74 Å². The van der Waals surface area contributed by atoms with Gasteiger partial charge in [-0.1, -0.05) is 6.07 Å². The molecule has 0 saturated carbocycles. The lowest BCUT2D eigenvalue weighted by Gasteiger charge is -2.11. The third kappa shape index (κ3) is 4.03. The molecule has 0 bridgehead atoms. The van der Waals surface area contributed by atoms with Crippen molar-refractivity contribution in [3.8, 4) is 17.0 Å². The molecule has 126 valence electrons. The summed E-state index contributed by atoms with van der Waals surface area (Å²) in [6.07, 6.45) is 5.18. The Bertz CT molecular complexity index is 885. The predicted octanol–water partition coefficient (Wildman–Crippen LogP) is 3.84. The second kappa shape index (κ2) is 7.90. The SMILES string of the molecule is COc1ccc(Br)c(C(=O)NCc2cccnc2-c2ccncc2)c1. The molecule has 0 fully saturated rings. The number of ether oxygens (including phenoxy) is 1. The summed E-state index contributed by atoms with van der Waals surface area (Å²) >= 11 is 3.40. The van der Waals surface area contributed by atoms with Crippen molar-refractivity contribution >= 4 is 21.8 Å². The van der Waals surface area contributed by atoms with Gasteiger partial charge in [0.15, 0.2) is 0 Å². The number of hydrogen-bond donors (Lipinski definition) is 1. The van der Waals surface area contributed by atoms with Gasteiger partial charge in [0.2, 0.25) is 0 Å². The maximum Gasteiger partial charge on any atom is 0.252 e. The van der Waals surface area contributed by atoms with Crippen molar-refractivity contribution in [2.24, 2.45) is 0 Å². The maximum absolute atomic E-state index is 12.5. The van der Waals surface area contributed by atoms with Crippen molar-refractivity contribution in [2.75, 3.05) is 7.11 Å². The Labute approximate surface area is 154 Å². The topological polar surface area (TPSA) is 64.1 Å². The fraction of sp³-hybridized carbons (Fsp3) is 0.105. The van der Waals surface area contributed by atoms with Gasteiger partial charge in [0.1, 0.15) is 5.75 Å². The van der Waals surface area contributed by atoms with Crippen molar-refractivity contribution < 1.29 is 9.53 Å². The van der Waals surface area contributed by atoms with Crippen molar-refractivity contribution in [3.63, 3.8) is 0 Å². The van der Waals surface area contributed by atoms with Crippen LogP contribution < -0.4 is 10.1 Å². The number of carbonyl (C=O) groups is 1. The van der Waals surface area contributed by atoms with Gasteiger partial charge in [-0.25, -0.2) is 0 Å². The van der Waals surface area contributed by atoms with E-state index in [1.54, 1.807) is 43.9 Å². The summed E-state index contributed by atoms with van der Waals surface area (Å²) in [7, 11) is 1.57. The van der Waals surface area contributed by atoms with E-state index >= 15 is 0 Å². The van der Waals surface area contributed by atoms with Gasteiger partial charge >= 0.3 is 0 Å². The predicted molar refractivity (Wildman–Crippen MR) is 99.3 cm³/mol. The molecule has 1 N–H and O–H groups in total. The molecule has 0 aliphatic heterocycles. The number of halogens is 1. The molecule has 5 nitrogen and oxygen atoms in total. The van der Waals surface area contributed by atoms with Crippen LogP contribution in [0.3, 0.4) is 0 Å². The molecule has 1 amide bonds. The zero-order valence-electron chi connectivity index (χ0n) is 13.6. The number of aromatic nitrogens is 2. The molecule has 0 radical (unpaired) electrons. The van der Waals surface area contributed by atoms with Crippen LogP contribution in [-0.2, 0) is 6.54 Å². The Morgan fingerprint density at radius 1 is 1.16 bits per heavy atom. The number of amides is 1. The van der Waals surface area contributed by atoms with Crippen LogP contribution in [-0.4, -0.2) is 23.0 Å². The molecular weight excluding hydrogens is 382 g/mol. The molecule has 25 heavy (non-hydrogen) atoms. The summed E-state index contributed by atoms with van der Waals surface area (Å²) in [6, 6.07) is 12.9. The molecule has 3 rings (SSSR count). The largest absolute Gasteiger partial charge is 0.497 e. The van der Waals surface area contributed by atoms with Gasteiger partial charge < -0.3 is 10.1 Å². The number of methoxy groups -OCH3 is 1. The molecule has 0 aliphatic carbocycles. The Morgan fingerprint density at radius 2 is 1.96 bits per heavy atom. The lowest BCUT2D eigenvalue weighted by molar-refractivity contribution is 0.0950. The van der Waals surface area contributed by atoms with Gasteiger partial charge in [-0.2, -0.15) is 0 Å². The standard InChI is InChI=1S/C19H16BrN3O2/c1-25-15-4-5-17(20)16(11-15)19(24)23-12-14-3-2-8-22-18(14)13-6-9-21-10-7-13/h2-11H,12H2,1H3,(H,23,24). The van der Waals surface area contributed by atoms with Gasteiger partial charge in [0.25, 0.3) is 5.91 Å². The van der Waals surface area contributed by atoms with Crippen LogP contribution in [0.1, 0.15) is 15.9 Å². The average Bonchev–Trinajstić information content (AvgIpc) is 2.67. The molecule has 2 heterocycles. The van der Waals surface area contributed by atoms with E-state index in [1.165, 1.54) is 0 Å². The molecule has 0 spiro atoms. The quantitative estimate of drug-likeness (QED) is 0.709. The molecule has 2 aromatic heterocycles. The van der Waals surface area contributed by atoms with E-state index in [-0.39, 0.29) is 5.91 Å². The normalized spacial score (nSPS) is 10.3. The molecule has 0 saturated heterocycles. The molecule has 1 aromatic carbocycles. The minimum Gasteiger partial charge on any atom is -0.497 e. The van der Waals surface area contributed by atoms with Crippen LogP contribution in [0, 0.1) is 0 Å². The van der Waals surface area contributed by atoms with E-state index in [0.29, 0.717) is 22.3 Å². The highest BCUT2D eigenvalue weighted by molar-refractivity contribution is 9.10. The van der Waals surface area contributed by atoms with Crippen molar-refractivity contribution in [2.45, 2.75) is 6.54 Å². The smallest absolute Gasteiger partial charge is 0.252 e. The molecule has 0 atom stereocenters. The molecule has 0 aliphatic rings. The third-order valence-electron chi connectivity index (χ3n) is 3.70. The first-order valence-corrected chi connectivity index (χ1v) is 8.44. The maximum atomic E-state index is 12.5. The number of nitrogens with zero attached hydrogens (tertiary/aromatic N) is 2. The van der Waals surface area contributed by atoms with Gasteiger partial charge in [0.05, 0.1) is 18.4 Å². The lowest BCUT2D eigenvalue weighted by atomic mass is 10.1. The van der Waals surface area contributed by atoms with Gasteiger partial charge in [-0.3, -0.25) is 14.8 Å². The minimum absolute atomic E-state index is 0.185. The zero-order chi connectivity index (χ0) is 17.6. The first-order valence-electron chi connectivity index (χ1n) is 7.65. The first kappa shape index (κ1) is 17.1. The molecular formula is C19H16BrN3O2. The van der Waals surface area contributed by atoms with Crippen LogP contribution in [0.5, 0.6) is 5.75 Å². The summed E-state index contributed by atoms with van der Waals surface area (Å²) < 4.78 is 5.90. The van der Waals surface area contributed by atoms with Crippen molar-refractivity contribution in [3.05, 3.63) is 76.7 Å². The Hall–Kier alpha value is -2.73. The number of carbonyl (C=O) groups excluding carboxylic acids is 1. The summed E-state index contributed by atoms with van der Waals surface area (Å²) in [6.45, 7) is 0.369. The van der Waals surface area contributed by atoms with E-state index < -0.39 is 0 Å². The fourth-order valence-corrected chi connectivity index (χ4v) is 2.85. The van der Waals surface area contributed by atoms with Crippen LogP contribution in [0.2, 0.25) is 0 Å². The monoisotopic (exact) mass is 397 g/mol. The first-order chi connectivity index (χ1) is 12.2. The highest BCUT2D eigenvalue weighted by Crippen LogP contribution is 2.23. The van der Waals surface area contributed by atoms with E-state index in [1.807, 2.05) is 24.3 Å². The number of benzene rings is 1. The summed E-state index contributed by atoms with van der Waals surface area (Å²) in [4.78, 5) is 21.0. The van der Waals surface area contributed by atoms with Crippen molar-refractivity contribution in [1.29, 1.82) is 0 Å². The summed E-state index contributed by atoms with van der Waals surface area (Å²) in [5, 5.41) is 2.94. The van der Waals surface area contributed by atoms with Crippen LogP contribution in [0.4, 0.5) is 0 Å². The van der Waals surface area contributed by atoms with Crippen LogP contribution >= 0.6 is 15.9 Å². The lowest BCUT2D eigenvalue weighted by Crippen LogP contribution is -2.23. The number of rotatable bonds is 5. The Kier molecular flexibility index (Phi) is 5.40. The van der Waals surface area contributed by atoms with E-state index in [2.05, 4.69) is 31.2 Å². The summed E-state index contributed by atoms with van der Waals surface area (Å²) in [5.74, 6) is 0.447. The highest BCUT2D eigenvalue weighted by atomic mass is 79.9. The minimum atomic E-state index is -0.185. The van der Waals surface area contributed by atoms with Crippen LogP contribution in [0.15, 0.2) is 65.5 Å². The average molecular weight is 398 g/mol. The molecule has 0 unspecified atom stereocenters. The number of nitrogens with one attached hydrogen (secondary N) is 1. The van der Waals surface area contributed by atoms with Gasteiger partial charge in [-0.05, 0) is 57.9 Å². The molecule has 3 aromatic rings. The van der Waals surface area contributed by atoms with E-state index in [9.17, 15) is 4.79 Å². The van der Waals surface area contributed by atoms with Gasteiger partial charge in [-0.15, -0.1) is 0 Å². The van der Waals surface area contributed by atoms with Gasteiger partial charge in [0, 0.05) is 35.2 Å². The third-order valence-corrected chi connectivity index (χ3v) is 4.39. The van der Waals surface area contributed by atoms with Crippen molar-refractivity contribution in [1.82, 2.24) is 15.3 Å². The zero-order valence-corrected chi connectivity index (χ0v) is 15.2. The van der Waals surface area contributed by atoms with E-state index in [0.717, 1.165) is 16.8 Å². The van der Waals surface area contributed by atoms with Crippen LogP contribution in [0.25, 0.3) is 11.3 Å². The fourth-order valence-electron chi connectivity index (χ4n) is 2.43. The Morgan fingerprint density at radius 3 is 2.72 bits per heavy atom. The second-order valence-corrected chi connectivity index (χ2v) is 6.13. The second-order valence-electron chi connectivity index (χ2n) is 5.28. The number of hydrogen-bond acceptors (Lipinski definition) is 4. The number of pyridine rings is 2. The summed E-state index contributed by atoms with van der Waals surface area (Å²) in [5.41, 5.74) is 3.24. The molecule has 6 heteroatoms. The Balaban J connectivity index is 1.80.